The first-order valence-corrected chi connectivity index (χ1v) is 18.6. The number of methoxy groups -OCH3 is 1. The van der Waals surface area contributed by atoms with E-state index in [1.54, 1.807) is 13.3 Å². The Morgan fingerprint density at radius 3 is 2.49 bits per heavy atom. The lowest BCUT2D eigenvalue weighted by Crippen LogP contribution is -2.62. The summed E-state index contributed by atoms with van der Waals surface area (Å²) >= 11 is 0. The molecule has 3 aliphatic heterocycles. The molecule has 4 fully saturated rings. The third-order valence-electron chi connectivity index (χ3n) is 11.5. The van der Waals surface area contributed by atoms with Crippen LogP contribution in [0.1, 0.15) is 55.6 Å². The SMILES string of the molecule is C=C(F)C(=O)N1CC2(CCN(c3nc(OC4CCN(CCOC)CC4)nc4c(OCC(F)F)c(-c5c(C)ccc6[nH]ncc56)c(C5CC5)cc34)CC2)C1. The van der Waals surface area contributed by atoms with Crippen LogP contribution in [0.4, 0.5) is 19.0 Å². The van der Waals surface area contributed by atoms with Gasteiger partial charge in [0.05, 0.1) is 18.3 Å². The zero-order valence-electron chi connectivity index (χ0n) is 30.3. The van der Waals surface area contributed by atoms with E-state index in [-0.39, 0.29) is 23.4 Å². The Hall–Kier alpha value is -4.43. The summed E-state index contributed by atoms with van der Waals surface area (Å²) in [4.78, 5) is 28.4. The van der Waals surface area contributed by atoms with Crippen LogP contribution in [0.15, 0.2) is 36.8 Å². The summed E-state index contributed by atoms with van der Waals surface area (Å²) in [5.41, 5.74) is 4.82. The van der Waals surface area contributed by atoms with E-state index < -0.39 is 24.8 Å². The second-order valence-corrected chi connectivity index (χ2v) is 15.2. The maximum absolute atomic E-state index is 14.0. The monoisotopic (exact) mass is 733 g/mol. The number of piperidine rings is 2. The number of nitrogens with one attached hydrogen (secondary N) is 1. The van der Waals surface area contributed by atoms with Gasteiger partial charge in [0.1, 0.15) is 24.0 Å². The van der Waals surface area contributed by atoms with Crippen LogP contribution in [0.25, 0.3) is 32.9 Å². The van der Waals surface area contributed by atoms with Crippen LogP contribution >= 0.6 is 0 Å². The first-order chi connectivity index (χ1) is 25.6. The molecule has 1 aliphatic carbocycles. The molecule has 0 radical (unpaired) electrons. The van der Waals surface area contributed by atoms with Crippen LogP contribution in [0.2, 0.25) is 0 Å². The van der Waals surface area contributed by atoms with Crippen molar-refractivity contribution >= 4 is 33.5 Å². The first-order valence-electron chi connectivity index (χ1n) is 18.6. The largest absolute Gasteiger partial charge is 0.485 e. The number of carbonyl (C=O) groups excluding carboxylic acids is 1. The van der Waals surface area contributed by atoms with Crippen LogP contribution in [0, 0.1) is 12.3 Å². The summed E-state index contributed by atoms with van der Waals surface area (Å²) in [5.74, 6) is -0.377. The van der Waals surface area contributed by atoms with Crippen molar-refractivity contribution in [1.29, 1.82) is 0 Å². The number of nitrogens with zero attached hydrogens (tertiary/aromatic N) is 6. The van der Waals surface area contributed by atoms with E-state index in [0.29, 0.717) is 49.9 Å². The second-order valence-electron chi connectivity index (χ2n) is 15.2. The number of hydrogen-bond donors (Lipinski definition) is 1. The lowest BCUT2D eigenvalue weighted by Gasteiger charge is -2.54. The molecule has 4 aromatic rings. The minimum atomic E-state index is -2.70. The molecule has 1 amide bonds. The molecule has 1 N–H and O–H groups in total. The number of likely N-dealkylation sites (tertiary alicyclic amines) is 2. The van der Waals surface area contributed by atoms with Gasteiger partial charge >= 0.3 is 6.01 Å². The average molecular weight is 734 g/mol. The van der Waals surface area contributed by atoms with Crippen LogP contribution in [-0.4, -0.2) is 115 Å². The molecule has 282 valence electrons. The van der Waals surface area contributed by atoms with Crippen molar-refractivity contribution in [1.82, 2.24) is 30.0 Å². The maximum Gasteiger partial charge on any atom is 0.319 e. The molecule has 1 spiro atoms. The minimum absolute atomic E-state index is 0.0980. The summed E-state index contributed by atoms with van der Waals surface area (Å²) in [6.45, 7) is 9.88. The Kier molecular flexibility index (Phi) is 9.69. The number of aromatic amines is 1. The predicted molar refractivity (Wildman–Crippen MR) is 196 cm³/mol. The predicted octanol–water partition coefficient (Wildman–Crippen LogP) is 6.40. The molecule has 0 bridgehead atoms. The molecule has 3 saturated heterocycles. The van der Waals surface area contributed by atoms with Gasteiger partial charge in [0.25, 0.3) is 12.3 Å². The van der Waals surface area contributed by atoms with E-state index >= 15 is 0 Å². The quantitative estimate of drug-likeness (QED) is 0.166. The molecule has 2 aromatic carbocycles. The number of alkyl halides is 2. The third kappa shape index (κ3) is 7.03. The minimum Gasteiger partial charge on any atom is -0.485 e. The lowest BCUT2D eigenvalue weighted by molar-refractivity contribution is -0.142. The summed E-state index contributed by atoms with van der Waals surface area (Å²) in [5, 5.41) is 8.99. The van der Waals surface area contributed by atoms with Crippen molar-refractivity contribution in [3.05, 3.63) is 47.9 Å². The Labute approximate surface area is 306 Å². The van der Waals surface area contributed by atoms with Crippen molar-refractivity contribution in [2.45, 2.75) is 63.9 Å². The molecule has 53 heavy (non-hydrogen) atoms. The zero-order valence-corrected chi connectivity index (χ0v) is 30.3. The van der Waals surface area contributed by atoms with Crippen molar-refractivity contribution in [2.24, 2.45) is 5.41 Å². The Bertz CT molecular complexity index is 2010. The van der Waals surface area contributed by atoms with Gasteiger partial charge in [-0.3, -0.25) is 9.89 Å². The van der Waals surface area contributed by atoms with Crippen molar-refractivity contribution in [3.8, 4) is 22.9 Å². The van der Waals surface area contributed by atoms with Gasteiger partial charge in [-0.15, -0.1) is 0 Å². The standard InChI is InChI=1S/C39H46F3N7O4/c1-23-4-7-30-29(19-43-46-30)32(23)33-27(25-5-6-25)18-28-34(35(33)52-20-31(41)42)44-38(53-26-8-12-47(13-9-26)16-17-51-3)45-36(28)48-14-10-39(11-15-48)21-49(22-39)37(50)24(2)40/h4,7,18-19,25-26,31H,2,5-6,8-17,20-22H2,1,3H3,(H,43,46). The molecule has 14 heteroatoms. The number of carbonyl (C=O) groups is 1. The number of amides is 1. The van der Waals surface area contributed by atoms with Gasteiger partial charge in [0.2, 0.25) is 0 Å². The summed E-state index contributed by atoms with van der Waals surface area (Å²) in [7, 11) is 1.70. The summed E-state index contributed by atoms with van der Waals surface area (Å²) in [6, 6.07) is 6.31. The number of benzene rings is 2. The van der Waals surface area contributed by atoms with E-state index in [2.05, 4.69) is 32.6 Å². The van der Waals surface area contributed by atoms with Crippen molar-refractivity contribution in [2.75, 3.05) is 71.0 Å². The number of aromatic nitrogens is 4. The molecule has 2 aromatic heterocycles. The fourth-order valence-corrected chi connectivity index (χ4v) is 8.44. The number of halogens is 3. The van der Waals surface area contributed by atoms with Gasteiger partial charge in [-0.2, -0.15) is 15.1 Å². The van der Waals surface area contributed by atoms with Gasteiger partial charge in [-0.05, 0) is 80.2 Å². The van der Waals surface area contributed by atoms with Crippen molar-refractivity contribution < 1.29 is 32.2 Å². The number of hydrogen-bond acceptors (Lipinski definition) is 9. The normalized spacial score (nSPS) is 19.4. The highest BCUT2D eigenvalue weighted by atomic mass is 19.3. The number of ether oxygens (including phenoxy) is 3. The molecule has 0 atom stereocenters. The van der Waals surface area contributed by atoms with E-state index in [1.165, 1.54) is 4.90 Å². The fraction of sp³-hybridized carbons (Fsp3) is 0.538. The Morgan fingerprint density at radius 1 is 1.06 bits per heavy atom. The van der Waals surface area contributed by atoms with Gasteiger partial charge in [0, 0.05) is 74.7 Å². The Morgan fingerprint density at radius 2 is 1.81 bits per heavy atom. The molecule has 0 unspecified atom stereocenters. The summed E-state index contributed by atoms with van der Waals surface area (Å²) < 4.78 is 59.7. The van der Waals surface area contributed by atoms with Crippen molar-refractivity contribution in [3.63, 3.8) is 0 Å². The molecular weight excluding hydrogens is 687 g/mol. The molecule has 8 rings (SSSR count). The van der Waals surface area contributed by atoms with Crippen LogP contribution in [0.5, 0.6) is 11.8 Å². The first kappa shape index (κ1) is 35.6. The van der Waals surface area contributed by atoms with Gasteiger partial charge in [-0.25, -0.2) is 13.2 Å². The third-order valence-corrected chi connectivity index (χ3v) is 11.5. The highest BCUT2D eigenvalue weighted by molar-refractivity contribution is 6.06. The maximum atomic E-state index is 14.0. The number of aryl methyl sites for hydroxylation is 1. The topological polar surface area (TPSA) is 109 Å². The molecule has 1 saturated carbocycles. The highest BCUT2D eigenvalue weighted by Gasteiger charge is 2.47. The molecule has 4 aliphatic rings. The number of rotatable bonds is 12. The number of anilines is 1. The number of fused-ring (bicyclic) bond motifs is 2. The van der Waals surface area contributed by atoms with E-state index in [4.69, 9.17) is 24.2 Å². The fourth-order valence-electron chi connectivity index (χ4n) is 8.44. The van der Waals surface area contributed by atoms with E-state index in [1.807, 2.05) is 19.1 Å². The molecule has 11 nitrogen and oxygen atoms in total. The van der Waals surface area contributed by atoms with Crippen LogP contribution in [0.3, 0.4) is 0 Å². The van der Waals surface area contributed by atoms with Gasteiger partial charge in [0.15, 0.2) is 11.6 Å². The van der Waals surface area contributed by atoms with Gasteiger partial charge < -0.3 is 28.9 Å². The Balaban J connectivity index is 1.22. The summed E-state index contributed by atoms with van der Waals surface area (Å²) in [6.07, 6.45) is 4.03. The lowest BCUT2D eigenvalue weighted by atomic mass is 9.72. The van der Waals surface area contributed by atoms with E-state index in [9.17, 15) is 18.0 Å². The van der Waals surface area contributed by atoms with E-state index in [0.717, 1.165) is 96.7 Å². The molecule has 5 heterocycles. The zero-order chi connectivity index (χ0) is 36.9. The van der Waals surface area contributed by atoms with Gasteiger partial charge in [-0.1, -0.05) is 12.6 Å². The van der Waals surface area contributed by atoms with Crippen LogP contribution in [-0.2, 0) is 9.53 Å². The second kappa shape index (κ2) is 14.4. The smallest absolute Gasteiger partial charge is 0.319 e. The highest BCUT2D eigenvalue weighted by Crippen LogP contribution is 2.53. The van der Waals surface area contributed by atoms with Crippen LogP contribution < -0.4 is 14.4 Å². The number of H-pyrrole nitrogens is 1. The molecular formula is C39H46F3N7O4. The average Bonchev–Trinajstić information content (AvgIpc) is 3.88.